The van der Waals surface area contributed by atoms with Gasteiger partial charge < -0.3 is 15.8 Å². The third kappa shape index (κ3) is 3.66. The highest BCUT2D eigenvalue weighted by Gasteiger charge is 2.04. The van der Waals surface area contributed by atoms with E-state index in [4.69, 9.17) is 10.5 Å². The van der Waals surface area contributed by atoms with E-state index >= 15 is 0 Å². The molecule has 0 aliphatic heterocycles. The number of anilines is 2. The topological polar surface area (TPSA) is 73.1 Å². The van der Waals surface area contributed by atoms with Crippen LogP contribution in [0.2, 0.25) is 0 Å². The second-order valence-electron chi connectivity index (χ2n) is 4.38. The van der Waals surface area contributed by atoms with E-state index in [2.05, 4.69) is 21.9 Å². The first kappa shape index (κ1) is 13.3. The Morgan fingerprint density at radius 2 is 2.00 bits per heavy atom. The molecule has 2 rings (SSSR count). The Morgan fingerprint density at radius 3 is 2.68 bits per heavy atom. The first-order valence-corrected chi connectivity index (χ1v) is 6.15. The fraction of sp³-hybridized carbons (Fsp3) is 0.286. The van der Waals surface area contributed by atoms with Crippen molar-refractivity contribution in [1.82, 2.24) is 9.97 Å². The molecule has 0 aliphatic carbocycles. The molecule has 0 bridgehead atoms. The van der Waals surface area contributed by atoms with Gasteiger partial charge in [-0.15, -0.1) is 0 Å². The highest BCUT2D eigenvalue weighted by molar-refractivity contribution is 5.79. The maximum Gasteiger partial charge on any atom is 0.169 e. The van der Waals surface area contributed by atoms with Gasteiger partial charge in [-0.05, 0) is 19.1 Å². The van der Waals surface area contributed by atoms with Crippen LogP contribution in [0, 0.1) is 0 Å². The Kier molecular flexibility index (Phi) is 4.30. The highest BCUT2D eigenvalue weighted by Crippen LogP contribution is 2.17. The van der Waals surface area contributed by atoms with Gasteiger partial charge in [0.15, 0.2) is 11.6 Å². The Labute approximate surface area is 112 Å². The number of ether oxygens (including phenoxy) is 1. The first-order valence-electron chi connectivity index (χ1n) is 6.15. The molecule has 2 aromatic rings. The summed E-state index contributed by atoms with van der Waals surface area (Å²) < 4.78 is 5.39. The van der Waals surface area contributed by atoms with Gasteiger partial charge in [-0.2, -0.15) is 0 Å². The summed E-state index contributed by atoms with van der Waals surface area (Å²) >= 11 is 0. The van der Waals surface area contributed by atoms with E-state index in [0.29, 0.717) is 31.4 Å². The van der Waals surface area contributed by atoms with E-state index in [9.17, 15) is 0 Å². The van der Waals surface area contributed by atoms with Crippen molar-refractivity contribution < 1.29 is 4.74 Å². The number of benzene rings is 1. The van der Waals surface area contributed by atoms with Gasteiger partial charge in [-0.25, -0.2) is 9.97 Å². The van der Waals surface area contributed by atoms with Gasteiger partial charge in [0.05, 0.1) is 24.2 Å². The zero-order valence-corrected chi connectivity index (χ0v) is 11.0. The average Bonchev–Trinajstić information content (AvgIpc) is 2.38. The summed E-state index contributed by atoms with van der Waals surface area (Å²) in [7, 11) is 0. The lowest BCUT2D eigenvalue weighted by Gasteiger charge is -2.09. The molecule has 0 radical (unpaired) electrons. The quantitative estimate of drug-likeness (QED) is 0.614. The zero-order chi connectivity index (χ0) is 13.7. The van der Waals surface area contributed by atoms with Gasteiger partial charge in [0.2, 0.25) is 0 Å². The zero-order valence-electron chi connectivity index (χ0n) is 11.0. The van der Waals surface area contributed by atoms with Gasteiger partial charge in [-0.3, -0.25) is 0 Å². The van der Waals surface area contributed by atoms with E-state index in [1.54, 1.807) is 0 Å². The smallest absolute Gasteiger partial charge is 0.169 e. The predicted octanol–water partition coefficient (Wildman–Crippen LogP) is 2.22. The van der Waals surface area contributed by atoms with Crippen LogP contribution in [0.4, 0.5) is 11.6 Å². The largest absolute Gasteiger partial charge is 0.381 e. The normalized spacial score (nSPS) is 10.6. The van der Waals surface area contributed by atoms with E-state index in [-0.39, 0.29) is 0 Å². The van der Waals surface area contributed by atoms with E-state index < -0.39 is 0 Å². The second kappa shape index (κ2) is 6.15. The van der Waals surface area contributed by atoms with Gasteiger partial charge >= 0.3 is 0 Å². The molecule has 0 spiro atoms. The molecular weight excluding hydrogens is 240 g/mol. The van der Waals surface area contributed by atoms with Crippen LogP contribution in [0.15, 0.2) is 36.4 Å². The summed E-state index contributed by atoms with van der Waals surface area (Å²) in [6, 6.07) is 7.63. The summed E-state index contributed by atoms with van der Waals surface area (Å²) in [5.74, 6) is 0.997. The summed E-state index contributed by atoms with van der Waals surface area (Å²) in [4.78, 5) is 8.74. The van der Waals surface area contributed by atoms with Crippen LogP contribution in [0.25, 0.3) is 11.0 Å². The molecule has 1 aromatic carbocycles. The Hall–Kier alpha value is -2.14. The van der Waals surface area contributed by atoms with Crippen LogP contribution in [-0.4, -0.2) is 29.7 Å². The van der Waals surface area contributed by atoms with Gasteiger partial charge in [0.25, 0.3) is 0 Å². The number of para-hydroxylation sites is 2. The summed E-state index contributed by atoms with van der Waals surface area (Å²) in [5, 5.41) is 3.13. The lowest BCUT2D eigenvalue weighted by Crippen LogP contribution is -2.13. The lowest BCUT2D eigenvalue weighted by molar-refractivity contribution is 0.167. The number of hydrogen-bond donors (Lipinski definition) is 2. The van der Waals surface area contributed by atoms with Gasteiger partial charge in [-0.1, -0.05) is 24.3 Å². The molecule has 0 amide bonds. The molecule has 0 aliphatic rings. The van der Waals surface area contributed by atoms with Crippen LogP contribution >= 0.6 is 0 Å². The molecule has 0 fully saturated rings. The fourth-order valence-electron chi connectivity index (χ4n) is 1.63. The molecule has 0 saturated heterocycles. The average molecular weight is 258 g/mol. The number of nitrogens with zero attached hydrogens (tertiary/aromatic N) is 2. The molecule has 5 nitrogen and oxygen atoms in total. The van der Waals surface area contributed by atoms with Crippen LogP contribution in [-0.2, 0) is 4.74 Å². The molecule has 1 aromatic heterocycles. The Morgan fingerprint density at radius 1 is 1.32 bits per heavy atom. The number of hydrogen-bond acceptors (Lipinski definition) is 5. The van der Waals surface area contributed by atoms with Crippen LogP contribution in [0.1, 0.15) is 6.92 Å². The number of nitrogens with two attached hydrogens (primary N) is 1. The van der Waals surface area contributed by atoms with Gasteiger partial charge in [0.1, 0.15) is 0 Å². The summed E-state index contributed by atoms with van der Waals surface area (Å²) in [5.41, 5.74) is 8.48. The third-order valence-corrected chi connectivity index (χ3v) is 2.48. The molecule has 0 saturated carbocycles. The summed E-state index contributed by atoms with van der Waals surface area (Å²) in [6.07, 6.45) is 0. The molecule has 0 atom stereocenters. The fourth-order valence-corrected chi connectivity index (χ4v) is 1.63. The minimum Gasteiger partial charge on any atom is -0.381 e. The number of nitrogens with one attached hydrogen (secondary N) is 1. The number of rotatable bonds is 6. The maximum atomic E-state index is 5.86. The molecular formula is C14H18N4O. The second-order valence-corrected chi connectivity index (χ2v) is 4.38. The minimum absolute atomic E-state index is 0.401. The number of nitrogen functional groups attached to an aromatic ring is 1. The predicted molar refractivity (Wildman–Crippen MR) is 78.1 cm³/mol. The molecule has 0 unspecified atom stereocenters. The van der Waals surface area contributed by atoms with Crippen molar-refractivity contribution in [3.05, 3.63) is 36.4 Å². The molecule has 3 N–H and O–H groups in total. The Balaban J connectivity index is 1.96. The minimum atomic E-state index is 0.401. The van der Waals surface area contributed by atoms with Crippen molar-refractivity contribution >= 4 is 22.7 Å². The molecule has 100 valence electrons. The lowest BCUT2D eigenvalue weighted by atomic mass is 10.3. The SMILES string of the molecule is C=C(C)COCCNc1nc2ccccc2nc1N. The molecule has 19 heavy (non-hydrogen) atoms. The van der Waals surface area contributed by atoms with Crippen molar-refractivity contribution in [1.29, 1.82) is 0 Å². The number of aromatic nitrogens is 2. The van der Waals surface area contributed by atoms with Crippen molar-refractivity contribution in [3.63, 3.8) is 0 Å². The van der Waals surface area contributed by atoms with Crippen molar-refractivity contribution in [2.24, 2.45) is 0 Å². The van der Waals surface area contributed by atoms with Crippen molar-refractivity contribution in [2.75, 3.05) is 30.8 Å². The summed E-state index contributed by atoms with van der Waals surface area (Å²) in [6.45, 7) is 7.47. The van der Waals surface area contributed by atoms with E-state index in [1.807, 2.05) is 31.2 Å². The molecule has 5 heteroatoms. The van der Waals surface area contributed by atoms with E-state index in [0.717, 1.165) is 16.6 Å². The monoisotopic (exact) mass is 258 g/mol. The highest BCUT2D eigenvalue weighted by atomic mass is 16.5. The van der Waals surface area contributed by atoms with E-state index in [1.165, 1.54) is 0 Å². The first-order chi connectivity index (χ1) is 9.16. The van der Waals surface area contributed by atoms with Crippen LogP contribution in [0.3, 0.4) is 0 Å². The standard InChI is InChI=1S/C14H18N4O/c1-10(2)9-19-8-7-16-14-13(15)17-11-5-3-4-6-12(11)18-14/h3-6H,1,7-9H2,2H3,(H2,15,17)(H,16,18). The number of fused-ring (bicyclic) bond motifs is 1. The third-order valence-electron chi connectivity index (χ3n) is 2.48. The van der Waals surface area contributed by atoms with Crippen molar-refractivity contribution in [3.8, 4) is 0 Å². The maximum absolute atomic E-state index is 5.86. The van der Waals surface area contributed by atoms with Crippen molar-refractivity contribution in [2.45, 2.75) is 6.92 Å². The van der Waals surface area contributed by atoms with Gasteiger partial charge in [0, 0.05) is 6.54 Å². The van der Waals surface area contributed by atoms with Crippen LogP contribution in [0.5, 0.6) is 0 Å². The molecule has 1 heterocycles. The Bertz CT molecular complexity index is 583. The van der Waals surface area contributed by atoms with Crippen LogP contribution < -0.4 is 11.1 Å².